The molecule has 0 saturated heterocycles. The molecule has 1 aromatic rings. The molecule has 1 saturated carbocycles. The van der Waals surface area contributed by atoms with Crippen molar-refractivity contribution in [2.45, 2.75) is 42.9 Å². The number of rotatable bonds is 6. The number of nitrogens with one attached hydrogen (secondary N) is 1. The number of halogens is 2. The third-order valence-electron chi connectivity index (χ3n) is 3.35. The summed E-state index contributed by atoms with van der Waals surface area (Å²) in [5, 5.41) is 3.28. The summed E-state index contributed by atoms with van der Waals surface area (Å²) in [6.45, 7) is 2.14. The second kappa shape index (κ2) is 5.45. The summed E-state index contributed by atoms with van der Waals surface area (Å²) in [7, 11) is -4.49. The first-order valence-electron chi connectivity index (χ1n) is 6.33. The van der Waals surface area contributed by atoms with Crippen LogP contribution in [0.5, 0.6) is 0 Å². The first-order chi connectivity index (χ1) is 8.95. The highest BCUT2D eigenvalue weighted by molar-refractivity contribution is 7.91. The van der Waals surface area contributed by atoms with E-state index >= 15 is 0 Å². The van der Waals surface area contributed by atoms with E-state index < -0.39 is 15.6 Å². The van der Waals surface area contributed by atoms with E-state index in [0.29, 0.717) is 12.0 Å². The third-order valence-corrected chi connectivity index (χ3v) is 4.75. The van der Waals surface area contributed by atoms with Crippen molar-refractivity contribution in [3.8, 4) is 0 Å². The average molecular weight is 289 g/mol. The standard InChI is InChI=1S/C13H17F2NO2S/c1-2-3-9-8-12(9)16-10-4-6-11(7-5-10)19(17,18)13(14)15/h4-7,9,12-13,16H,2-3,8H2,1H3. The van der Waals surface area contributed by atoms with E-state index in [1.54, 1.807) is 0 Å². The number of hydrogen-bond donors (Lipinski definition) is 1. The average Bonchev–Trinajstić information content (AvgIpc) is 3.08. The molecule has 1 aliphatic carbocycles. The van der Waals surface area contributed by atoms with E-state index in [9.17, 15) is 17.2 Å². The number of anilines is 1. The highest BCUT2D eigenvalue weighted by Gasteiger charge is 2.35. The summed E-state index contributed by atoms with van der Waals surface area (Å²) < 4.78 is 47.2. The van der Waals surface area contributed by atoms with Crippen LogP contribution >= 0.6 is 0 Å². The smallest absolute Gasteiger partial charge is 0.341 e. The van der Waals surface area contributed by atoms with Crippen molar-refractivity contribution in [3.05, 3.63) is 24.3 Å². The van der Waals surface area contributed by atoms with Crippen molar-refractivity contribution in [2.75, 3.05) is 5.32 Å². The Morgan fingerprint density at radius 2 is 1.95 bits per heavy atom. The van der Waals surface area contributed by atoms with Gasteiger partial charge in [0.2, 0.25) is 9.84 Å². The minimum Gasteiger partial charge on any atom is -0.382 e. The minimum absolute atomic E-state index is 0.339. The molecule has 2 unspecified atom stereocenters. The normalized spacial score (nSPS) is 22.5. The lowest BCUT2D eigenvalue weighted by Gasteiger charge is -2.07. The van der Waals surface area contributed by atoms with Gasteiger partial charge in [0.25, 0.3) is 0 Å². The van der Waals surface area contributed by atoms with Crippen LogP contribution in [-0.4, -0.2) is 20.2 Å². The van der Waals surface area contributed by atoms with Gasteiger partial charge in [-0.15, -0.1) is 0 Å². The number of alkyl halides is 2. The second-order valence-corrected chi connectivity index (χ2v) is 6.78. The molecule has 0 spiro atoms. The minimum atomic E-state index is -4.49. The molecule has 2 rings (SSSR count). The molecule has 1 N–H and O–H groups in total. The Morgan fingerprint density at radius 1 is 1.32 bits per heavy atom. The number of benzene rings is 1. The third kappa shape index (κ3) is 3.23. The SMILES string of the molecule is CCCC1CC1Nc1ccc(S(=O)(=O)C(F)F)cc1. The zero-order valence-corrected chi connectivity index (χ0v) is 11.5. The van der Waals surface area contributed by atoms with Crippen LogP contribution in [0.15, 0.2) is 29.2 Å². The highest BCUT2D eigenvalue weighted by atomic mass is 32.2. The molecule has 0 aromatic heterocycles. The molecule has 3 nitrogen and oxygen atoms in total. The van der Waals surface area contributed by atoms with Crippen LogP contribution in [0.2, 0.25) is 0 Å². The van der Waals surface area contributed by atoms with Crippen molar-refractivity contribution in [2.24, 2.45) is 5.92 Å². The lowest BCUT2D eigenvalue weighted by atomic mass is 10.2. The van der Waals surface area contributed by atoms with Crippen LogP contribution in [0.3, 0.4) is 0 Å². The predicted molar refractivity (Wildman–Crippen MR) is 70.1 cm³/mol. The Kier molecular flexibility index (Phi) is 4.08. The summed E-state index contributed by atoms with van der Waals surface area (Å²) >= 11 is 0. The van der Waals surface area contributed by atoms with E-state index in [1.807, 2.05) is 0 Å². The Labute approximate surface area is 111 Å². The van der Waals surface area contributed by atoms with Gasteiger partial charge in [0, 0.05) is 11.7 Å². The maximum atomic E-state index is 12.4. The first-order valence-corrected chi connectivity index (χ1v) is 7.88. The maximum Gasteiger partial charge on any atom is 0.341 e. The fourth-order valence-corrected chi connectivity index (χ4v) is 2.89. The van der Waals surface area contributed by atoms with Crippen LogP contribution in [0.1, 0.15) is 26.2 Å². The van der Waals surface area contributed by atoms with Crippen LogP contribution in [0.4, 0.5) is 14.5 Å². The first kappa shape index (κ1) is 14.2. The summed E-state index contributed by atoms with van der Waals surface area (Å²) in [6, 6.07) is 5.95. The zero-order valence-electron chi connectivity index (χ0n) is 10.6. The van der Waals surface area contributed by atoms with Crippen molar-refractivity contribution >= 4 is 15.5 Å². The van der Waals surface area contributed by atoms with Crippen molar-refractivity contribution in [1.82, 2.24) is 0 Å². The van der Waals surface area contributed by atoms with Gasteiger partial charge in [-0.3, -0.25) is 0 Å². The molecular formula is C13H17F2NO2S. The van der Waals surface area contributed by atoms with Crippen LogP contribution < -0.4 is 5.32 Å². The van der Waals surface area contributed by atoms with Crippen LogP contribution in [0, 0.1) is 5.92 Å². The Hall–Kier alpha value is -1.17. The largest absolute Gasteiger partial charge is 0.382 e. The number of sulfone groups is 1. The lowest BCUT2D eigenvalue weighted by Crippen LogP contribution is -2.11. The van der Waals surface area contributed by atoms with Gasteiger partial charge in [0.05, 0.1) is 4.90 Å². The molecule has 0 bridgehead atoms. The molecule has 0 radical (unpaired) electrons. The highest BCUT2D eigenvalue weighted by Crippen LogP contribution is 2.37. The maximum absolute atomic E-state index is 12.4. The summed E-state index contributed by atoms with van der Waals surface area (Å²) in [5.41, 5.74) is 0.775. The van der Waals surface area contributed by atoms with Crippen molar-refractivity contribution in [1.29, 1.82) is 0 Å². The van der Waals surface area contributed by atoms with Crippen LogP contribution in [-0.2, 0) is 9.84 Å². The molecule has 0 amide bonds. The fourth-order valence-electron chi connectivity index (χ4n) is 2.17. The fraction of sp³-hybridized carbons (Fsp3) is 0.538. The van der Waals surface area contributed by atoms with Crippen molar-refractivity contribution < 1.29 is 17.2 Å². The molecule has 19 heavy (non-hydrogen) atoms. The molecule has 6 heteroatoms. The number of hydrogen-bond acceptors (Lipinski definition) is 3. The van der Waals surface area contributed by atoms with E-state index in [-0.39, 0.29) is 4.90 Å². The van der Waals surface area contributed by atoms with Gasteiger partial charge in [-0.25, -0.2) is 8.42 Å². The van der Waals surface area contributed by atoms with Gasteiger partial charge in [-0.2, -0.15) is 8.78 Å². The summed E-state index contributed by atoms with van der Waals surface area (Å²) in [6.07, 6.45) is 3.44. The molecule has 106 valence electrons. The monoisotopic (exact) mass is 289 g/mol. The lowest BCUT2D eigenvalue weighted by molar-refractivity contribution is 0.234. The van der Waals surface area contributed by atoms with Gasteiger partial charge in [0.1, 0.15) is 0 Å². The Bertz CT molecular complexity index is 528. The van der Waals surface area contributed by atoms with E-state index in [4.69, 9.17) is 0 Å². The molecule has 1 aliphatic rings. The zero-order chi connectivity index (χ0) is 14.0. The second-order valence-electron chi connectivity index (χ2n) is 4.87. The summed E-state index contributed by atoms with van der Waals surface area (Å²) in [5.74, 6) is -2.70. The van der Waals surface area contributed by atoms with E-state index in [2.05, 4.69) is 12.2 Å². The quantitative estimate of drug-likeness (QED) is 0.874. The van der Waals surface area contributed by atoms with Crippen molar-refractivity contribution in [3.63, 3.8) is 0 Å². The predicted octanol–water partition coefficient (Wildman–Crippen LogP) is 3.28. The van der Waals surface area contributed by atoms with Gasteiger partial charge < -0.3 is 5.32 Å². The molecular weight excluding hydrogens is 272 g/mol. The molecule has 1 aromatic carbocycles. The van der Waals surface area contributed by atoms with E-state index in [0.717, 1.165) is 18.5 Å². The molecule has 0 heterocycles. The molecule has 0 aliphatic heterocycles. The Morgan fingerprint density at radius 3 is 2.47 bits per heavy atom. The van der Waals surface area contributed by atoms with Gasteiger partial charge in [-0.05, 0) is 43.0 Å². The van der Waals surface area contributed by atoms with Gasteiger partial charge >= 0.3 is 5.76 Å². The van der Waals surface area contributed by atoms with Gasteiger partial charge in [0.15, 0.2) is 0 Å². The van der Waals surface area contributed by atoms with E-state index in [1.165, 1.54) is 30.7 Å². The van der Waals surface area contributed by atoms with Crippen LogP contribution in [0.25, 0.3) is 0 Å². The molecule has 2 atom stereocenters. The molecule has 1 fully saturated rings. The topological polar surface area (TPSA) is 46.2 Å². The summed E-state index contributed by atoms with van der Waals surface area (Å²) in [4.78, 5) is -0.339. The van der Waals surface area contributed by atoms with Gasteiger partial charge in [-0.1, -0.05) is 13.3 Å². The Balaban J connectivity index is 2.00.